The Morgan fingerprint density at radius 1 is 1.24 bits per heavy atom. The summed E-state index contributed by atoms with van der Waals surface area (Å²) in [6.45, 7) is 2.39. The minimum atomic E-state index is -2.94. The molecular formula is C21H24N4O3S. The van der Waals surface area contributed by atoms with Crippen molar-refractivity contribution in [3.8, 4) is 11.3 Å². The highest BCUT2D eigenvalue weighted by Gasteiger charge is 2.26. The van der Waals surface area contributed by atoms with Crippen molar-refractivity contribution in [2.24, 2.45) is 0 Å². The van der Waals surface area contributed by atoms with Crippen LogP contribution >= 0.6 is 0 Å². The lowest BCUT2D eigenvalue weighted by atomic mass is 10.1. The number of carbonyl (C=O) groups excluding carboxylic acids is 1. The number of nitrogens with one attached hydrogen (secondary N) is 1. The zero-order valence-corrected chi connectivity index (χ0v) is 17.1. The van der Waals surface area contributed by atoms with E-state index in [9.17, 15) is 13.2 Å². The van der Waals surface area contributed by atoms with E-state index in [1.54, 1.807) is 0 Å². The average molecular weight is 413 g/mol. The Labute approximate surface area is 169 Å². The summed E-state index contributed by atoms with van der Waals surface area (Å²) in [5.41, 5.74) is 10.3. The molecule has 3 aromatic rings. The number of sulfone groups is 1. The molecule has 1 aliphatic rings. The largest absolute Gasteiger partial charge is 0.397 e. The number of carbonyl (C=O) groups is 1. The van der Waals surface area contributed by atoms with E-state index in [0.29, 0.717) is 35.1 Å². The van der Waals surface area contributed by atoms with Crippen LogP contribution in [0.5, 0.6) is 0 Å². The number of aromatic amines is 1. The molecule has 0 unspecified atom stereocenters. The lowest BCUT2D eigenvalue weighted by Gasteiger charge is -2.31. The van der Waals surface area contributed by atoms with Gasteiger partial charge in [0.05, 0.1) is 17.1 Å². The predicted octanol–water partition coefficient (Wildman–Crippen LogP) is 2.63. The highest BCUT2D eigenvalue weighted by Crippen LogP contribution is 2.28. The highest BCUT2D eigenvalue weighted by atomic mass is 32.2. The molecule has 0 spiro atoms. The Hall–Kier alpha value is -2.71. The van der Waals surface area contributed by atoms with Crippen LogP contribution in [0.1, 0.15) is 28.8 Å². The molecule has 1 fully saturated rings. The number of nitrogens with two attached hydrogens (primary N) is 1. The van der Waals surface area contributed by atoms with Crippen LogP contribution in [0.15, 0.2) is 36.5 Å². The predicted molar refractivity (Wildman–Crippen MR) is 114 cm³/mol. The second-order valence-electron chi connectivity index (χ2n) is 7.69. The highest BCUT2D eigenvalue weighted by molar-refractivity contribution is 7.91. The Balaban J connectivity index is 1.47. The number of aromatic nitrogens is 2. The van der Waals surface area contributed by atoms with Gasteiger partial charge in [0.25, 0.3) is 0 Å². The summed E-state index contributed by atoms with van der Waals surface area (Å²) in [6, 6.07) is 10.1. The molecule has 152 valence electrons. The molecule has 1 aliphatic heterocycles. The van der Waals surface area contributed by atoms with Crippen LogP contribution in [0, 0.1) is 0 Å². The molecule has 8 heteroatoms. The topological polar surface area (TPSA) is 109 Å². The molecular weight excluding hydrogens is 388 g/mol. The Morgan fingerprint density at radius 3 is 2.55 bits per heavy atom. The summed E-state index contributed by atoms with van der Waals surface area (Å²) in [4.78, 5) is 21.1. The van der Waals surface area contributed by atoms with Gasteiger partial charge in [0.2, 0.25) is 0 Å². The fourth-order valence-electron chi connectivity index (χ4n) is 3.94. The van der Waals surface area contributed by atoms with Crippen LogP contribution < -0.4 is 5.73 Å². The number of nitrogen functional groups attached to an aromatic ring is 1. The lowest BCUT2D eigenvalue weighted by molar-refractivity contribution is 0.112. The number of fused-ring (bicyclic) bond motifs is 1. The number of nitrogens with zero attached hydrogens (tertiary/aromatic N) is 2. The molecule has 0 saturated carbocycles. The first-order valence-electron chi connectivity index (χ1n) is 9.58. The third kappa shape index (κ3) is 4.04. The van der Waals surface area contributed by atoms with Gasteiger partial charge in [0.15, 0.2) is 6.29 Å². The first-order valence-corrected chi connectivity index (χ1v) is 11.5. The summed E-state index contributed by atoms with van der Waals surface area (Å²) in [5.74, 6) is 0. The van der Waals surface area contributed by atoms with Crippen LogP contribution in [0.2, 0.25) is 0 Å². The van der Waals surface area contributed by atoms with Crippen molar-refractivity contribution in [2.75, 3.05) is 25.1 Å². The van der Waals surface area contributed by atoms with Crippen LogP contribution in [0.25, 0.3) is 22.3 Å². The molecule has 1 aromatic carbocycles. The van der Waals surface area contributed by atoms with E-state index < -0.39 is 9.84 Å². The van der Waals surface area contributed by atoms with Crippen LogP contribution in [-0.2, 0) is 16.4 Å². The average Bonchev–Trinajstić information content (AvgIpc) is 3.12. The van der Waals surface area contributed by atoms with Gasteiger partial charge >= 0.3 is 0 Å². The number of rotatable bonds is 5. The summed E-state index contributed by atoms with van der Waals surface area (Å²) in [5, 5.41) is 0.509. The van der Waals surface area contributed by atoms with Crippen molar-refractivity contribution in [1.29, 1.82) is 0 Å². The lowest BCUT2D eigenvalue weighted by Crippen LogP contribution is -2.38. The number of pyridine rings is 1. The zero-order chi connectivity index (χ0) is 20.6. The molecule has 1 saturated heterocycles. The van der Waals surface area contributed by atoms with Gasteiger partial charge in [0, 0.05) is 29.4 Å². The Bertz CT molecular complexity index is 1140. The van der Waals surface area contributed by atoms with E-state index in [-0.39, 0.29) is 5.25 Å². The second-order valence-corrected chi connectivity index (χ2v) is 10.0. The van der Waals surface area contributed by atoms with E-state index in [4.69, 9.17) is 5.73 Å². The third-order valence-electron chi connectivity index (χ3n) is 5.66. The van der Waals surface area contributed by atoms with Crippen molar-refractivity contribution >= 4 is 32.8 Å². The minimum Gasteiger partial charge on any atom is -0.397 e. The second kappa shape index (κ2) is 7.61. The minimum absolute atomic E-state index is 0.206. The van der Waals surface area contributed by atoms with Gasteiger partial charge in [-0.25, -0.2) is 13.4 Å². The fourth-order valence-corrected chi connectivity index (χ4v) is 5.01. The van der Waals surface area contributed by atoms with E-state index >= 15 is 0 Å². The van der Waals surface area contributed by atoms with Crippen molar-refractivity contribution in [2.45, 2.75) is 24.6 Å². The van der Waals surface area contributed by atoms with Gasteiger partial charge in [0.1, 0.15) is 15.5 Å². The quantitative estimate of drug-likeness (QED) is 0.624. The number of benzene rings is 1. The van der Waals surface area contributed by atoms with Crippen LogP contribution in [-0.4, -0.2) is 54.2 Å². The number of piperidine rings is 1. The zero-order valence-electron chi connectivity index (χ0n) is 16.3. The van der Waals surface area contributed by atoms with E-state index in [1.807, 2.05) is 18.2 Å². The molecule has 7 nitrogen and oxygen atoms in total. The van der Waals surface area contributed by atoms with Gasteiger partial charge in [-0.15, -0.1) is 0 Å². The number of hydrogen-bond donors (Lipinski definition) is 2. The van der Waals surface area contributed by atoms with Gasteiger partial charge < -0.3 is 10.7 Å². The van der Waals surface area contributed by atoms with Crippen molar-refractivity contribution in [3.63, 3.8) is 0 Å². The SMILES string of the molecule is CS(=O)(=O)C1CCN(Cc2ccc(-c3cc4c(C=O)c(N)cnc4[nH]3)cc2)CC1. The van der Waals surface area contributed by atoms with E-state index in [2.05, 4.69) is 27.0 Å². The van der Waals surface area contributed by atoms with Gasteiger partial charge in [-0.05, 0) is 43.1 Å². The number of H-pyrrole nitrogens is 1. The normalized spacial score (nSPS) is 16.3. The molecule has 29 heavy (non-hydrogen) atoms. The first kappa shape index (κ1) is 19.6. The summed E-state index contributed by atoms with van der Waals surface area (Å²) < 4.78 is 23.4. The van der Waals surface area contributed by atoms with Crippen LogP contribution in [0.3, 0.4) is 0 Å². The maximum atomic E-state index is 11.7. The smallest absolute Gasteiger partial charge is 0.152 e. The molecule has 3 heterocycles. The van der Waals surface area contributed by atoms with Gasteiger partial charge in [-0.2, -0.15) is 0 Å². The fraction of sp³-hybridized carbons (Fsp3) is 0.333. The Morgan fingerprint density at radius 2 is 1.93 bits per heavy atom. The molecule has 4 rings (SSSR count). The van der Waals surface area contributed by atoms with Gasteiger partial charge in [-0.3, -0.25) is 9.69 Å². The molecule has 2 aromatic heterocycles. The molecule has 0 radical (unpaired) electrons. The molecule has 0 amide bonds. The summed E-state index contributed by atoms with van der Waals surface area (Å²) >= 11 is 0. The third-order valence-corrected chi connectivity index (χ3v) is 7.34. The molecule has 0 atom stereocenters. The molecule has 3 N–H and O–H groups in total. The number of anilines is 1. The Kier molecular flexibility index (Phi) is 5.14. The monoisotopic (exact) mass is 412 g/mol. The standard InChI is InChI=1S/C21H24N4O3S/c1-29(27,28)16-6-8-25(9-7-16)12-14-2-4-15(5-3-14)20-10-17-18(13-26)19(22)11-23-21(17)24-20/h2-5,10-11,13,16H,6-9,12,22H2,1H3,(H,23,24). The molecule has 0 bridgehead atoms. The summed E-state index contributed by atoms with van der Waals surface area (Å²) in [6.07, 6.45) is 4.97. The maximum Gasteiger partial charge on any atom is 0.152 e. The van der Waals surface area contributed by atoms with E-state index in [0.717, 1.165) is 37.2 Å². The maximum absolute atomic E-state index is 11.7. The van der Waals surface area contributed by atoms with Crippen molar-refractivity contribution in [3.05, 3.63) is 47.7 Å². The van der Waals surface area contributed by atoms with Gasteiger partial charge in [-0.1, -0.05) is 24.3 Å². The van der Waals surface area contributed by atoms with Crippen molar-refractivity contribution < 1.29 is 13.2 Å². The van der Waals surface area contributed by atoms with E-state index in [1.165, 1.54) is 18.0 Å². The number of likely N-dealkylation sites (tertiary alicyclic amines) is 1. The van der Waals surface area contributed by atoms with Crippen molar-refractivity contribution in [1.82, 2.24) is 14.9 Å². The van der Waals surface area contributed by atoms with Crippen LogP contribution in [0.4, 0.5) is 5.69 Å². The number of aldehydes is 1. The number of hydrogen-bond acceptors (Lipinski definition) is 6. The first-order chi connectivity index (χ1) is 13.8. The summed E-state index contributed by atoms with van der Waals surface area (Å²) in [7, 11) is -2.94. The molecule has 0 aliphatic carbocycles.